The van der Waals surface area contributed by atoms with Gasteiger partial charge in [0.2, 0.25) is 0 Å². The number of Topliss-reactive ketones (excluding diaryl/α,β-unsaturated/α-hetero) is 1. The molecule has 1 aromatic rings. The van der Waals surface area contributed by atoms with E-state index in [1.54, 1.807) is 0 Å². The molecule has 1 fully saturated rings. The number of carbonyl (C=O) groups is 1. The number of nitrogens with two attached hydrogens (primary N) is 1. The van der Waals surface area contributed by atoms with E-state index < -0.39 is 0 Å². The number of morpholine rings is 1. The van der Waals surface area contributed by atoms with Crippen molar-refractivity contribution in [2.45, 2.75) is 6.92 Å². The second kappa shape index (κ2) is 5.29. The van der Waals surface area contributed by atoms with Crippen LogP contribution in [0.15, 0.2) is 18.2 Å². The van der Waals surface area contributed by atoms with Gasteiger partial charge in [0.15, 0.2) is 5.78 Å². The van der Waals surface area contributed by atoms with Gasteiger partial charge in [-0.1, -0.05) is 6.07 Å². The molecule has 0 radical (unpaired) electrons. The molecule has 0 spiro atoms. The van der Waals surface area contributed by atoms with Gasteiger partial charge in [0, 0.05) is 24.3 Å². The number of anilines is 1. The van der Waals surface area contributed by atoms with Crippen molar-refractivity contribution in [1.82, 2.24) is 0 Å². The molecule has 4 nitrogen and oxygen atoms in total. The maximum absolute atomic E-state index is 11.8. The Labute approximate surface area is 101 Å². The van der Waals surface area contributed by atoms with Crippen molar-refractivity contribution >= 4 is 11.5 Å². The first kappa shape index (κ1) is 12.1. The Hall–Kier alpha value is -1.39. The summed E-state index contributed by atoms with van der Waals surface area (Å²) in [4.78, 5) is 14.0. The smallest absolute Gasteiger partial charge is 0.178 e. The molecule has 0 aromatic heterocycles. The van der Waals surface area contributed by atoms with Gasteiger partial charge in [-0.3, -0.25) is 4.79 Å². The molecule has 1 heterocycles. The largest absolute Gasteiger partial charge is 0.378 e. The van der Waals surface area contributed by atoms with Crippen molar-refractivity contribution in [2.24, 2.45) is 5.73 Å². The maximum Gasteiger partial charge on any atom is 0.178 e. The molecule has 1 aromatic carbocycles. The number of benzene rings is 1. The normalized spacial score (nSPS) is 16.0. The van der Waals surface area contributed by atoms with Crippen LogP contribution in [-0.4, -0.2) is 38.6 Å². The number of rotatable bonds is 3. The molecule has 0 unspecified atom stereocenters. The van der Waals surface area contributed by atoms with Gasteiger partial charge in [-0.15, -0.1) is 0 Å². The first-order valence-corrected chi connectivity index (χ1v) is 5.89. The van der Waals surface area contributed by atoms with E-state index in [2.05, 4.69) is 4.90 Å². The van der Waals surface area contributed by atoms with Crippen molar-refractivity contribution in [3.8, 4) is 0 Å². The highest BCUT2D eigenvalue weighted by molar-refractivity contribution is 6.02. The van der Waals surface area contributed by atoms with Gasteiger partial charge in [0.1, 0.15) is 0 Å². The fraction of sp³-hybridized carbons (Fsp3) is 0.462. The van der Waals surface area contributed by atoms with Crippen molar-refractivity contribution in [3.63, 3.8) is 0 Å². The summed E-state index contributed by atoms with van der Waals surface area (Å²) in [6, 6.07) is 5.87. The molecule has 1 aliphatic rings. The summed E-state index contributed by atoms with van der Waals surface area (Å²) < 4.78 is 5.33. The minimum atomic E-state index is -0.00788. The molecule has 0 aliphatic carbocycles. The summed E-state index contributed by atoms with van der Waals surface area (Å²) in [5, 5.41) is 0. The molecular weight excluding hydrogens is 216 g/mol. The molecular formula is C13H18N2O2. The van der Waals surface area contributed by atoms with Gasteiger partial charge in [0.05, 0.1) is 19.8 Å². The summed E-state index contributed by atoms with van der Waals surface area (Å²) in [7, 11) is 0. The second-order valence-corrected chi connectivity index (χ2v) is 4.25. The molecule has 17 heavy (non-hydrogen) atoms. The topological polar surface area (TPSA) is 55.6 Å². The zero-order valence-corrected chi connectivity index (χ0v) is 10.1. The Balaban J connectivity index is 2.35. The Bertz CT molecular complexity index is 412. The molecule has 0 saturated carbocycles. The van der Waals surface area contributed by atoms with E-state index in [1.165, 1.54) is 0 Å². The molecule has 0 atom stereocenters. The number of nitrogens with zero attached hydrogens (tertiary/aromatic N) is 1. The van der Waals surface area contributed by atoms with Crippen LogP contribution >= 0.6 is 0 Å². The SMILES string of the molecule is Cc1ccc(C(=O)CN)c(N2CCOCC2)c1. The van der Waals surface area contributed by atoms with Gasteiger partial charge in [-0.05, 0) is 24.6 Å². The number of ether oxygens (including phenoxy) is 1. The van der Waals surface area contributed by atoms with Crippen molar-refractivity contribution in [1.29, 1.82) is 0 Å². The highest BCUT2D eigenvalue weighted by Gasteiger charge is 2.17. The van der Waals surface area contributed by atoms with Crippen LogP contribution in [0.25, 0.3) is 0 Å². The molecule has 92 valence electrons. The number of carbonyl (C=O) groups excluding carboxylic acids is 1. The summed E-state index contributed by atoms with van der Waals surface area (Å²) in [5.41, 5.74) is 8.31. The quantitative estimate of drug-likeness (QED) is 0.792. The Morgan fingerprint density at radius 1 is 1.41 bits per heavy atom. The van der Waals surface area contributed by atoms with Crippen LogP contribution < -0.4 is 10.6 Å². The van der Waals surface area contributed by atoms with Crippen molar-refractivity contribution in [3.05, 3.63) is 29.3 Å². The van der Waals surface area contributed by atoms with Crippen LogP contribution in [-0.2, 0) is 4.74 Å². The van der Waals surface area contributed by atoms with E-state index in [1.807, 2.05) is 25.1 Å². The minimum absolute atomic E-state index is 0.00788. The third-order valence-corrected chi connectivity index (χ3v) is 2.99. The lowest BCUT2D eigenvalue weighted by Gasteiger charge is -2.30. The lowest BCUT2D eigenvalue weighted by molar-refractivity contribution is 0.0999. The Morgan fingerprint density at radius 3 is 2.76 bits per heavy atom. The van der Waals surface area contributed by atoms with Crippen molar-refractivity contribution in [2.75, 3.05) is 37.7 Å². The minimum Gasteiger partial charge on any atom is -0.378 e. The zero-order valence-electron chi connectivity index (χ0n) is 10.1. The van der Waals surface area contributed by atoms with Crippen molar-refractivity contribution < 1.29 is 9.53 Å². The first-order valence-electron chi connectivity index (χ1n) is 5.89. The van der Waals surface area contributed by atoms with E-state index in [0.29, 0.717) is 13.2 Å². The van der Waals surface area contributed by atoms with Crippen LogP contribution in [0.5, 0.6) is 0 Å². The summed E-state index contributed by atoms with van der Waals surface area (Å²) in [6.45, 7) is 5.16. The highest BCUT2D eigenvalue weighted by atomic mass is 16.5. The van der Waals surface area contributed by atoms with E-state index in [0.717, 1.165) is 29.9 Å². The van der Waals surface area contributed by atoms with Crippen LogP contribution in [0.4, 0.5) is 5.69 Å². The molecule has 0 bridgehead atoms. The maximum atomic E-state index is 11.8. The third-order valence-electron chi connectivity index (χ3n) is 2.99. The average Bonchev–Trinajstić information content (AvgIpc) is 2.39. The zero-order chi connectivity index (χ0) is 12.3. The van der Waals surface area contributed by atoms with Gasteiger partial charge >= 0.3 is 0 Å². The van der Waals surface area contributed by atoms with Crippen LogP contribution in [0.2, 0.25) is 0 Å². The summed E-state index contributed by atoms with van der Waals surface area (Å²) in [6.07, 6.45) is 0. The number of ketones is 1. The molecule has 2 rings (SSSR count). The van der Waals surface area contributed by atoms with E-state index >= 15 is 0 Å². The summed E-state index contributed by atoms with van der Waals surface area (Å²) >= 11 is 0. The van der Waals surface area contributed by atoms with Crippen LogP contribution in [0.1, 0.15) is 15.9 Å². The number of hydrogen-bond donors (Lipinski definition) is 1. The Morgan fingerprint density at radius 2 is 2.12 bits per heavy atom. The fourth-order valence-electron chi connectivity index (χ4n) is 2.05. The average molecular weight is 234 g/mol. The monoisotopic (exact) mass is 234 g/mol. The number of hydrogen-bond acceptors (Lipinski definition) is 4. The summed E-state index contributed by atoms with van der Waals surface area (Å²) in [5.74, 6) is -0.00788. The predicted molar refractivity (Wildman–Crippen MR) is 67.6 cm³/mol. The molecule has 0 amide bonds. The Kier molecular flexibility index (Phi) is 3.76. The van der Waals surface area contributed by atoms with E-state index in [-0.39, 0.29) is 12.3 Å². The predicted octanol–water partition coefficient (Wildman–Crippen LogP) is 0.973. The third kappa shape index (κ3) is 2.65. The van der Waals surface area contributed by atoms with Gasteiger partial charge in [0.25, 0.3) is 0 Å². The number of aryl methyl sites for hydroxylation is 1. The first-order chi connectivity index (χ1) is 8.22. The van der Waals surface area contributed by atoms with Crippen LogP contribution in [0, 0.1) is 6.92 Å². The van der Waals surface area contributed by atoms with E-state index in [4.69, 9.17) is 10.5 Å². The standard InChI is InChI=1S/C13H18N2O2/c1-10-2-3-11(13(16)9-14)12(8-10)15-4-6-17-7-5-15/h2-3,8H,4-7,9,14H2,1H3. The molecule has 1 aliphatic heterocycles. The molecule has 1 saturated heterocycles. The van der Waals surface area contributed by atoms with Crippen LogP contribution in [0.3, 0.4) is 0 Å². The highest BCUT2D eigenvalue weighted by Crippen LogP contribution is 2.23. The fourth-order valence-corrected chi connectivity index (χ4v) is 2.05. The van der Waals surface area contributed by atoms with E-state index in [9.17, 15) is 4.79 Å². The lowest BCUT2D eigenvalue weighted by Crippen LogP contribution is -2.37. The lowest BCUT2D eigenvalue weighted by atomic mass is 10.0. The second-order valence-electron chi connectivity index (χ2n) is 4.25. The van der Waals surface area contributed by atoms with Gasteiger partial charge < -0.3 is 15.4 Å². The molecule has 4 heteroatoms. The molecule has 2 N–H and O–H groups in total. The van der Waals surface area contributed by atoms with Gasteiger partial charge in [-0.2, -0.15) is 0 Å². The van der Waals surface area contributed by atoms with Gasteiger partial charge in [-0.25, -0.2) is 0 Å².